The van der Waals surface area contributed by atoms with Crippen LogP contribution >= 0.6 is 12.8 Å². The number of rotatable bonds is 1. The first kappa shape index (κ1) is 12.9. The molecule has 0 aliphatic carbocycles. The zero-order chi connectivity index (χ0) is 7.86. The van der Waals surface area contributed by atoms with Crippen LogP contribution in [0.2, 0.25) is 0 Å². The average Bonchev–Trinajstić information content (AvgIpc) is 1.68. The van der Waals surface area contributed by atoms with Crippen LogP contribution in [0.1, 0.15) is 0 Å². The third-order valence-electron chi connectivity index (χ3n) is 0.285. The van der Waals surface area contributed by atoms with Crippen LogP contribution in [0.4, 0.5) is 0 Å². The van der Waals surface area contributed by atoms with E-state index in [1.54, 1.807) is 0 Å². The Morgan fingerprint density at radius 2 is 1.67 bits per heavy atom. The Bertz CT molecular complexity index is 81.0. The Balaban J connectivity index is 0. The van der Waals surface area contributed by atoms with Crippen LogP contribution < -0.4 is 11.5 Å². The van der Waals surface area contributed by atoms with E-state index in [4.69, 9.17) is 17.9 Å². The van der Waals surface area contributed by atoms with Crippen LogP contribution in [0.25, 0.3) is 0 Å². The first-order valence-corrected chi connectivity index (χ1v) is 7.99. The van der Waals surface area contributed by atoms with Crippen molar-refractivity contribution in [3.05, 3.63) is 0 Å². The second kappa shape index (κ2) is 9.23. The normalized spacial score (nSPS) is 7.22. The van der Waals surface area contributed by atoms with E-state index in [-0.39, 0.29) is 0 Å². The van der Waals surface area contributed by atoms with E-state index >= 15 is 0 Å². The van der Waals surface area contributed by atoms with Gasteiger partial charge in [0.15, 0.2) is 6.17 Å². The van der Waals surface area contributed by atoms with Gasteiger partial charge in [0.25, 0.3) is 0 Å². The predicted molar refractivity (Wildman–Crippen MR) is 37.3 cm³/mol. The maximum atomic E-state index is 9.45. The summed E-state index contributed by atoms with van der Waals surface area (Å²) in [5, 5.41) is 7.74. The van der Waals surface area contributed by atoms with Gasteiger partial charge < -0.3 is 16.6 Å². The van der Waals surface area contributed by atoms with Crippen molar-refractivity contribution >= 4 is 49.6 Å². The molecule has 0 aromatic heterocycles. The average molecular weight is 201 g/mol. The van der Waals surface area contributed by atoms with Gasteiger partial charge in [0.05, 0.1) is 0 Å². The van der Waals surface area contributed by atoms with E-state index in [2.05, 4.69) is 11.5 Å². The number of hydrogen-bond donors (Lipinski definition) is 3. The zero-order valence-electron chi connectivity index (χ0n) is 4.55. The van der Waals surface area contributed by atoms with Crippen molar-refractivity contribution in [2.24, 2.45) is 11.5 Å². The molecule has 0 unspecified atom stereocenters. The van der Waals surface area contributed by atoms with Gasteiger partial charge in [-0.3, -0.25) is 0 Å². The number of carboxylic acids is 1. The molecule has 0 aromatic carbocycles. The molecule has 0 atom stereocenters. The second-order valence-corrected chi connectivity index (χ2v) is 4.61. The van der Waals surface area contributed by atoms with Crippen molar-refractivity contribution in [1.82, 2.24) is 0 Å². The molecule has 4 nitrogen and oxygen atoms in total. The molecule has 0 spiro atoms. The number of carboxylic acid groups (broad SMARTS) is 1. The minimum atomic E-state index is -1.23. The molecule has 0 bridgehead atoms. The molecule has 9 heavy (non-hydrogen) atoms. The van der Waals surface area contributed by atoms with Gasteiger partial charge in [-0.2, -0.15) is 0 Å². The summed E-state index contributed by atoms with van der Waals surface area (Å²) in [5.74, 6) is -1.19. The molecule has 0 fully saturated rings. The van der Waals surface area contributed by atoms with Crippen LogP contribution in [0.3, 0.4) is 0 Å². The number of nitrogens with two attached hydrogens (primary N) is 2. The van der Waals surface area contributed by atoms with Gasteiger partial charge in [0, 0.05) is 0 Å². The zero-order valence-corrected chi connectivity index (χ0v) is 8.27. The quantitative estimate of drug-likeness (QED) is 0.387. The molecule has 0 amide bonds. The summed E-state index contributed by atoms with van der Waals surface area (Å²) in [6.45, 7) is 0. The fourth-order valence-electron chi connectivity index (χ4n) is 0. The molecule has 0 aliphatic heterocycles. The van der Waals surface area contributed by atoms with Crippen molar-refractivity contribution in [2.75, 3.05) is 0 Å². The first-order valence-electron chi connectivity index (χ1n) is 1.92. The minimum absolute atomic E-state index is 0.931. The summed E-state index contributed by atoms with van der Waals surface area (Å²) in [6, 6.07) is 0. The summed E-state index contributed by atoms with van der Waals surface area (Å²) >= 11 is -0.931. The van der Waals surface area contributed by atoms with Gasteiger partial charge in [-0.25, -0.2) is 4.79 Å². The van der Waals surface area contributed by atoms with E-state index in [9.17, 15) is 4.79 Å². The number of halogens is 2. The third-order valence-corrected chi connectivity index (χ3v) is 0.285. The molecule has 7 heteroatoms. The van der Waals surface area contributed by atoms with Crippen LogP contribution in [-0.2, 0) is 4.79 Å². The van der Waals surface area contributed by atoms with Crippen molar-refractivity contribution in [3.8, 4) is 0 Å². The fraction of sp³-hybridized carbons (Fsp3) is 0.500. The Kier molecular flexibility index (Phi) is 13.2. The maximum absolute atomic E-state index is 9.45. The molecule has 0 aromatic rings. The standard InChI is InChI=1S/C2H6N2O2.Ca.2ClH/c3-1(4)2(5)6;;;/h1H,3-4H2,(H,5,6);;2*1H/q;+2;;/p-2. The van der Waals surface area contributed by atoms with E-state index in [1.165, 1.54) is 0 Å². The van der Waals surface area contributed by atoms with Gasteiger partial charge in [-0.15, -0.1) is 0 Å². The Morgan fingerprint density at radius 1 is 1.56 bits per heavy atom. The first-order chi connectivity index (χ1) is 4.06. The van der Waals surface area contributed by atoms with E-state index in [1.807, 2.05) is 0 Å². The molecule has 0 rings (SSSR count). The second-order valence-electron chi connectivity index (χ2n) is 0.965. The Hall–Kier alpha value is 1.23. The summed E-state index contributed by atoms with van der Waals surface area (Å²) in [7, 11) is 0. The van der Waals surface area contributed by atoms with Gasteiger partial charge in [0.1, 0.15) is 0 Å². The van der Waals surface area contributed by atoms with Gasteiger partial charge >= 0.3 is 49.6 Å². The topological polar surface area (TPSA) is 89.3 Å². The summed E-state index contributed by atoms with van der Waals surface area (Å²) in [5.41, 5.74) is 9.23. The van der Waals surface area contributed by atoms with Gasteiger partial charge in [0.2, 0.25) is 0 Å². The summed E-state index contributed by atoms with van der Waals surface area (Å²) in [4.78, 5) is 9.45. The number of aliphatic carboxylic acids is 1. The van der Waals surface area contributed by atoms with Gasteiger partial charge in [-0.05, 0) is 0 Å². The van der Waals surface area contributed by atoms with E-state index in [0.29, 0.717) is 0 Å². The molecule has 0 radical (unpaired) electrons. The Morgan fingerprint density at radius 3 is 1.67 bits per heavy atom. The molecule has 5 N–H and O–H groups in total. The van der Waals surface area contributed by atoms with E-state index < -0.39 is 43.0 Å². The van der Waals surface area contributed by atoms with Gasteiger partial charge in [-0.1, -0.05) is 0 Å². The van der Waals surface area contributed by atoms with Crippen molar-refractivity contribution in [3.63, 3.8) is 0 Å². The van der Waals surface area contributed by atoms with Crippen LogP contribution in [0, 0.1) is 0 Å². The van der Waals surface area contributed by atoms with Crippen molar-refractivity contribution in [2.45, 2.75) is 6.17 Å². The molecular weight excluding hydrogens is 195 g/mol. The molecule has 0 aliphatic rings. The Labute approximate surface area is 76.2 Å². The summed E-state index contributed by atoms with van der Waals surface area (Å²) < 4.78 is 0. The SMILES string of the molecule is NC(N)C(=O)O.[Cl][Ca][Cl]. The molecule has 0 saturated heterocycles. The molecule has 0 heterocycles. The van der Waals surface area contributed by atoms with Crippen molar-refractivity contribution in [1.29, 1.82) is 0 Å². The van der Waals surface area contributed by atoms with Crippen LogP contribution in [0.15, 0.2) is 0 Å². The number of carbonyl (C=O) groups is 1. The fourth-order valence-corrected chi connectivity index (χ4v) is 0. The monoisotopic (exact) mass is 200 g/mol. The number of hydrogen-bond acceptors (Lipinski definition) is 3. The van der Waals surface area contributed by atoms with Crippen molar-refractivity contribution < 1.29 is 9.90 Å². The van der Waals surface area contributed by atoms with Crippen LogP contribution in [0.5, 0.6) is 0 Å². The predicted octanol–water partition coefficient (Wildman–Crippen LogP) is -0.687. The van der Waals surface area contributed by atoms with E-state index in [0.717, 1.165) is 0 Å². The molecular formula is C2H6CaCl2N2O2. The van der Waals surface area contributed by atoms with Crippen LogP contribution in [-0.4, -0.2) is 48.1 Å². The third kappa shape index (κ3) is 17.6. The molecule has 52 valence electrons. The molecule has 0 saturated carbocycles. The summed E-state index contributed by atoms with van der Waals surface area (Å²) in [6.07, 6.45) is 8.67.